The number of benzene rings is 2. The van der Waals surface area contributed by atoms with Crippen molar-refractivity contribution in [2.75, 3.05) is 5.32 Å². The number of anilines is 2. The van der Waals surface area contributed by atoms with E-state index >= 15 is 0 Å². The van der Waals surface area contributed by atoms with E-state index in [1.165, 1.54) is 22.5 Å². The first-order chi connectivity index (χ1) is 14.9. The minimum atomic E-state index is -0.654. The SMILES string of the molecule is Cc1ccc(Nc2ccc(C)cc2[PH+](C(C)C)C(C)C)c([PH+](C(C)C)C(C)C)c1.[Cl][Co+][Cl]. The Morgan fingerprint density at radius 2 is 0.906 bits per heavy atom. The summed E-state index contributed by atoms with van der Waals surface area (Å²) < 4.78 is 0. The molecule has 0 saturated carbocycles. The van der Waals surface area contributed by atoms with Gasteiger partial charge in [0.2, 0.25) is 0 Å². The maximum absolute atomic E-state index is 4.73. The van der Waals surface area contributed by atoms with Crippen molar-refractivity contribution >= 4 is 58.1 Å². The fraction of sp³-hybridized carbons (Fsp3) is 0.538. The Hall–Kier alpha value is 0.186. The van der Waals surface area contributed by atoms with Gasteiger partial charge in [0.25, 0.3) is 0 Å². The quantitative estimate of drug-likeness (QED) is 0.318. The second-order valence-corrected chi connectivity index (χ2v) is 19.0. The monoisotopic (exact) mass is 560 g/mol. The van der Waals surface area contributed by atoms with Gasteiger partial charge in [-0.1, -0.05) is 12.1 Å². The van der Waals surface area contributed by atoms with Gasteiger partial charge in [0.15, 0.2) is 0 Å². The number of nitrogens with one attached hydrogen (secondary N) is 1. The van der Waals surface area contributed by atoms with Crippen molar-refractivity contribution in [3.8, 4) is 0 Å². The molecule has 2 aromatic rings. The zero-order valence-electron chi connectivity index (χ0n) is 21.4. The van der Waals surface area contributed by atoms with Crippen molar-refractivity contribution in [3.05, 3.63) is 47.5 Å². The molecule has 0 aliphatic heterocycles. The van der Waals surface area contributed by atoms with E-state index in [9.17, 15) is 0 Å². The van der Waals surface area contributed by atoms with Crippen molar-refractivity contribution in [1.82, 2.24) is 0 Å². The zero-order valence-corrected chi connectivity index (χ0v) is 25.9. The van der Waals surface area contributed by atoms with Gasteiger partial charge >= 0.3 is 33.2 Å². The molecule has 2 rings (SSSR count). The van der Waals surface area contributed by atoms with Gasteiger partial charge in [-0.25, -0.2) is 0 Å². The summed E-state index contributed by atoms with van der Waals surface area (Å²) in [7, 11) is 8.16. The van der Waals surface area contributed by atoms with E-state index in [1.54, 1.807) is 10.6 Å². The number of hydrogen-bond donors (Lipinski definition) is 1. The van der Waals surface area contributed by atoms with Gasteiger partial charge in [0.05, 0.1) is 34.0 Å². The Morgan fingerprint density at radius 1 is 0.625 bits per heavy atom. The van der Waals surface area contributed by atoms with Gasteiger partial charge in [-0.2, -0.15) is 0 Å². The summed E-state index contributed by atoms with van der Waals surface area (Å²) >= 11 is 0.382. The number of hydrogen-bond acceptors (Lipinski definition) is 1. The third-order valence-corrected chi connectivity index (χ3v) is 12.8. The van der Waals surface area contributed by atoms with Crippen LogP contribution in [0.1, 0.15) is 66.5 Å². The van der Waals surface area contributed by atoms with Crippen molar-refractivity contribution < 1.29 is 12.9 Å². The van der Waals surface area contributed by atoms with Crippen LogP contribution in [0.5, 0.6) is 0 Å². The number of halogens is 2. The fourth-order valence-electron chi connectivity index (χ4n) is 4.73. The Labute approximate surface area is 214 Å². The predicted molar refractivity (Wildman–Crippen MR) is 154 cm³/mol. The Bertz CT molecular complexity index is 757. The molecule has 0 unspecified atom stereocenters. The first-order valence-corrected chi connectivity index (χ1v) is 17.7. The molecule has 0 bridgehead atoms. The van der Waals surface area contributed by atoms with Crippen LogP contribution in [0, 0.1) is 13.8 Å². The molecule has 0 fully saturated rings. The minimum absolute atomic E-state index is 0.382. The molecule has 0 atom stereocenters. The maximum atomic E-state index is 4.73. The summed E-state index contributed by atoms with van der Waals surface area (Å²) in [6.07, 6.45) is 0. The summed E-state index contributed by atoms with van der Waals surface area (Å²) in [5.41, 5.74) is 8.24. The molecule has 0 aliphatic carbocycles. The van der Waals surface area contributed by atoms with Crippen LogP contribution in [0.4, 0.5) is 11.4 Å². The van der Waals surface area contributed by atoms with Crippen molar-refractivity contribution in [1.29, 1.82) is 0 Å². The normalized spacial score (nSPS) is 11.8. The molecule has 32 heavy (non-hydrogen) atoms. The zero-order chi connectivity index (χ0) is 24.6. The molecule has 2 aromatic carbocycles. The Kier molecular flexibility index (Phi) is 13.7. The van der Waals surface area contributed by atoms with Gasteiger partial charge in [-0.05, 0) is 105 Å². The van der Waals surface area contributed by atoms with E-state index in [4.69, 9.17) is 20.3 Å². The first kappa shape index (κ1) is 30.2. The summed E-state index contributed by atoms with van der Waals surface area (Å²) in [5.74, 6) is 0. The van der Waals surface area contributed by atoms with Crippen LogP contribution >= 0.6 is 36.1 Å². The van der Waals surface area contributed by atoms with Gasteiger partial charge in [0, 0.05) is 15.8 Å². The molecule has 0 spiro atoms. The average molecular weight is 561 g/mol. The van der Waals surface area contributed by atoms with E-state index in [1.807, 2.05) is 0 Å². The molecule has 182 valence electrons. The van der Waals surface area contributed by atoms with Crippen LogP contribution in [0.3, 0.4) is 0 Å². The Morgan fingerprint density at radius 3 is 1.16 bits per heavy atom. The van der Waals surface area contributed by atoms with E-state index in [0.717, 1.165) is 0 Å². The van der Waals surface area contributed by atoms with Crippen molar-refractivity contribution in [3.63, 3.8) is 0 Å². The van der Waals surface area contributed by atoms with Crippen molar-refractivity contribution in [2.45, 2.75) is 91.9 Å². The van der Waals surface area contributed by atoms with Crippen LogP contribution in [-0.2, 0) is 12.9 Å². The van der Waals surface area contributed by atoms with E-state index < -0.39 is 15.8 Å². The van der Waals surface area contributed by atoms with Crippen LogP contribution in [-0.4, -0.2) is 22.6 Å². The molecule has 0 heterocycles. The van der Waals surface area contributed by atoms with Crippen LogP contribution < -0.4 is 15.9 Å². The average Bonchev–Trinajstić information content (AvgIpc) is 2.65. The van der Waals surface area contributed by atoms with Crippen LogP contribution in [0.2, 0.25) is 0 Å². The molecule has 0 aliphatic rings. The molecule has 0 amide bonds. The summed E-state index contributed by atoms with van der Waals surface area (Å²) in [5, 5.41) is 7.06. The summed E-state index contributed by atoms with van der Waals surface area (Å²) in [6.45, 7) is 23.6. The second kappa shape index (κ2) is 14.6. The van der Waals surface area contributed by atoms with E-state index in [-0.39, 0.29) is 0 Å². The van der Waals surface area contributed by atoms with Crippen molar-refractivity contribution in [2.24, 2.45) is 0 Å². The van der Waals surface area contributed by atoms with Gasteiger partial charge in [-0.3, -0.25) is 0 Å². The second-order valence-electron chi connectivity index (χ2n) is 9.80. The van der Waals surface area contributed by atoms with Crippen LogP contribution in [0.15, 0.2) is 36.4 Å². The van der Waals surface area contributed by atoms with Gasteiger partial charge in [0.1, 0.15) is 10.6 Å². The molecule has 0 radical (unpaired) electrons. The number of rotatable bonds is 8. The van der Waals surface area contributed by atoms with Gasteiger partial charge < -0.3 is 5.32 Å². The Balaban J connectivity index is 0.00000161. The molecular weight excluding hydrogens is 518 g/mol. The predicted octanol–water partition coefficient (Wildman–Crippen LogP) is 8.74. The third-order valence-electron chi connectivity index (χ3n) is 5.73. The molecule has 1 N–H and O–H groups in total. The molecule has 6 heteroatoms. The van der Waals surface area contributed by atoms with Crippen LogP contribution in [0.25, 0.3) is 0 Å². The first-order valence-electron chi connectivity index (χ1n) is 11.5. The summed E-state index contributed by atoms with van der Waals surface area (Å²) in [6, 6.07) is 14.1. The van der Waals surface area contributed by atoms with Gasteiger partial charge in [-0.15, -0.1) is 0 Å². The number of aryl methyl sites for hydroxylation is 2. The molecular formula is C26H43Cl2CoNP2+3. The topological polar surface area (TPSA) is 12.0 Å². The molecule has 1 nitrogen and oxygen atoms in total. The third kappa shape index (κ3) is 8.76. The molecule has 0 aromatic heterocycles. The van der Waals surface area contributed by atoms with E-state index in [2.05, 4.69) is 111 Å². The standard InChI is InChI=1S/C26H41NP2.2ClH.Co/c1-17(2)28(18(3)4)25-15-21(9)11-13-23(25)27-24-14-12-22(10)16-26(24)29(19(5)6)20(7)8;;;/h11-20,27H,1-10H3;2*1H;/q;;;+3. The molecule has 0 saturated heterocycles. The van der Waals surface area contributed by atoms with E-state index in [0.29, 0.717) is 35.5 Å². The summed E-state index contributed by atoms with van der Waals surface area (Å²) in [4.78, 5) is 0. The fourth-order valence-corrected chi connectivity index (χ4v) is 11.6.